The molecule has 3 rings (SSSR count). The average Bonchev–Trinajstić information content (AvgIpc) is 2.79. The molecular weight excluding hydrogens is 372 g/mol. The van der Waals surface area contributed by atoms with Crippen molar-refractivity contribution in [3.63, 3.8) is 0 Å². The molecule has 5 nitrogen and oxygen atoms in total. The minimum Gasteiger partial charge on any atom is -0.355 e. The fourth-order valence-corrected chi connectivity index (χ4v) is 3.42. The van der Waals surface area contributed by atoms with Gasteiger partial charge in [-0.15, -0.1) is 0 Å². The van der Waals surface area contributed by atoms with E-state index in [4.69, 9.17) is 4.98 Å². The fraction of sp³-hybridized carbons (Fsp3) is 0.400. The molecule has 0 aliphatic heterocycles. The van der Waals surface area contributed by atoms with Gasteiger partial charge in [0, 0.05) is 37.4 Å². The zero-order valence-electron chi connectivity index (χ0n) is 18.3. The summed E-state index contributed by atoms with van der Waals surface area (Å²) in [7, 11) is 0. The highest BCUT2D eigenvalue weighted by Crippen LogP contribution is 2.24. The Bertz CT molecular complexity index is 958. The van der Waals surface area contributed by atoms with Crippen molar-refractivity contribution < 1.29 is 4.79 Å². The standard InChI is InChI=1S/C25H32N4O/c1-4-19(3)26-24(30)16-18-29(17-15-20-11-7-6-8-12-20)25-21-13-9-10-14-22(21)27-23(5-2)28-25/h6-14,19H,4-5,15-18H2,1-3H3,(H,26,30). The van der Waals surface area contributed by atoms with Gasteiger partial charge in [0.2, 0.25) is 5.91 Å². The summed E-state index contributed by atoms with van der Waals surface area (Å²) < 4.78 is 0. The summed E-state index contributed by atoms with van der Waals surface area (Å²) in [5, 5.41) is 4.10. The van der Waals surface area contributed by atoms with Crippen molar-refractivity contribution in [2.75, 3.05) is 18.0 Å². The van der Waals surface area contributed by atoms with E-state index in [-0.39, 0.29) is 11.9 Å². The Kier molecular flexibility index (Phi) is 7.77. The molecule has 1 N–H and O–H groups in total. The Morgan fingerprint density at radius 3 is 2.47 bits per heavy atom. The van der Waals surface area contributed by atoms with Crippen molar-refractivity contribution in [3.8, 4) is 0 Å². The first kappa shape index (κ1) is 21.8. The van der Waals surface area contributed by atoms with E-state index in [1.54, 1.807) is 0 Å². The number of hydrogen-bond donors (Lipinski definition) is 1. The number of fused-ring (bicyclic) bond motifs is 1. The molecule has 0 radical (unpaired) electrons. The Labute approximate surface area is 179 Å². The summed E-state index contributed by atoms with van der Waals surface area (Å²) in [6.07, 6.45) is 3.05. The van der Waals surface area contributed by atoms with E-state index in [0.29, 0.717) is 13.0 Å². The van der Waals surface area contributed by atoms with Gasteiger partial charge in [0.1, 0.15) is 11.6 Å². The van der Waals surface area contributed by atoms with E-state index in [9.17, 15) is 4.79 Å². The topological polar surface area (TPSA) is 58.1 Å². The predicted molar refractivity (Wildman–Crippen MR) is 124 cm³/mol. The first-order valence-electron chi connectivity index (χ1n) is 10.9. The maximum atomic E-state index is 12.4. The first-order chi connectivity index (χ1) is 14.6. The number of hydrogen-bond acceptors (Lipinski definition) is 4. The summed E-state index contributed by atoms with van der Waals surface area (Å²) in [6, 6.07) is 18.8. The molecular formula is C25H32N4O. The van der Waals surface area contributed by atoms with Crippen LogP contribution in [0.4, 0.5) is 5.82 Å². The lowest BCUT2D eigenvalue weighted by molar-refractivity contribution is -0.121. The number of nitrogens with one attached hydrogen (secondary N) is 1. The second kappa shape index (κ2) is 10.7. The molecule has 0 bridgehead atoms. The van der Waals surface area contributed by atoms with E-state index in [1.807, 2.05) is 31.2 Å². The molecule has 0 aliphatic rings. The van der Waals surface area contributed by atoms with Crippen molar-refractivity contribution in [3.05, 3.63) is 66.0 Å². The fourth-order valence-electron chi connectivity index (χ4n) is 3.42. The van der Waals surface area contributed by atoms with Crippen molar-refractivity contribution in [2.45, 2.75) is 52.5 Å². The largest absolute Gasteiger partial charge is 0.355 e. The molecule has 0 saturated carbocycles. The Morgan fingerprint density at radius 1 is 1.00 bits per heavy atom. The third-order valence-corrected chi connectivity index (χ3v) is 5.39. The van der Waals surface area contributed by atoms with Crippen molar-refractivity contribution in [1.82, 2.24) is 15.3 Å². The van der Waals surface area contributed by atoms with Crippen LogP contribution < -0.4 is 10.2 Å². The van der Waals surface area contributed by atoms with Crippen LogP contribution in [0.15, 0.2) is 54.6 Å². The number of para-hydroxylation sites is 1. The molecule has 3 aromatic rings. The van der Waals surface area contributed by atoms with Crippen molar-refractivity contribution >= 4 is 22.6 Å². The number of carbonyl (C=O) groups is 1. The Hall–Kier alpha value is -2.95. The molecule has 0 saturated heterocycles. The van der Waals surface area contributed by atoms with Crippen LogP contribution in [0.25, 0.3) is 10.9 Å². The number of rotatable bonds is 10. The van der Waals surface area contributed by atoms with E-state index >= 15 is 0 Å². The lowest BCUT2D eigenvalue weighted by atomic mass is 10.1. The van der Waals surface area contributed by atoms with Crippen LogP contribution in [0.3, 0.4) is 0 Å². The smallest absolute Gasteiger partial charge is 0.221 e. The third kappa shape index (κ3) is 5.78. The van der Waals surface area contributed by atoms with Gasteiger partial charge >= 0.3 is 0 Å². The van der Waals surface area contributed by atoms with E-state index in [1.165, 1.54) is 5.56 Å². The van der Waals surface area contributed by atoms with E-state index in [2.05, 4.69) is 59.4 Å². The molecule has 0 fully saturated rings. The van der Waals surface area contributed by atoms with Gasteiger partial charge in [-0.2, -0.15) is 0 Å². The quantitative estimate of drug-likeness (QED) is 0.539. The molecule has 1 unspecified atom stereocenters. The number of nitrogens with zero attached hydrogens (tertiary/aromatic N) is 3. The maximum Gasteiger partial charge on any atom is 0.221 e. The highest BCUT2D eigenvalue weighted by molar-refractivity contribution is 5.89. The van der Waals surface area contributed by atoms with Gasteiger partial charge in [-0.05, 0) is 37.5 Å². The minimum atomic E-state index is 0.0862. The molecule has 2 aromatic carbocycles. The van der Waals surface area contributed by atoms with Gasteiger partial charge in [0.15, 0.2) is 0 Å². The summed E-state index contributed by atoms with van der Waals surface area (Å²) in [5.41, 5.74) is 2.23. The number of benzene rings is 2. The number of aromatic nitrogens is 2. The maximum absolute atomic E-state index is 12.4. The SMILES string of the molecule is CCc1nc(N(CCC(=O)NC(C)CC)CCc2ccccc2)c2ccccc2n1. The number of amides is 1. The van der Waals surface area contributed by atoms with Crippen LogP contribution in [0.2, 0.25) is 0 Å². The molecule has 0 spiro atoms. The molecule has 1 atom stereocenters. The van der Waals surface area contributed by atoms with Crippen LogP contribution in [-0.4, -0.2) is 35.0 Å². The summed E-state index contributed by atoms with van der Waals surface area (Å²) in [6.45, 7) is 7.61. The van der Waals surface area contributed by atoms with Gasteiger partial charge in [-0.3, -0.25) is 4.79 Å². The molecule has 30 heavy (non-hydrogen) atoms. The monoisotopic (exact) mass is 404 g/mol. The molecule has 158 valence electrons. The van der Waals surface area contributed by atoms with Crippen LogP contribution in [0.1, 0.15) is 45.0 Å². The van der Waals surface area contributed by atoms with Gasteiger partial charge in [0.05, 0.1) is 5.52 Å². The van der Waals surface area contributed by atoms with E-state index < -0.39 is 0 Å². The van der Waals surface area contributed by atoms with Gasteiger partial charge in [0.25, 0.3) is 0 Å². The van der Waals surface area contributed by atoms with Crippen LogP contribution in [0.5, 0.6) is 0 Å². The Morgan fingerprint density at radius 2 is 1.73 bits per heavy atom. The third-order valence-electron chi connectivity index (χ3n) is 5.39. The second-order valence-corrected chi connectivity index (χ2v) is 7.68. The van der Waals surface area contributed by atoms with Crippen LogP contribution in [0, 0.1) is 0 Å². The first-order valence-corrected chi connectivity index (χ1v) is 10.9. The molecule has 1 aromatic heterocycles. The highest BCUT2D eigenvalue weighted by Gasteiger charge is 2.16. The highest BCUT2D eigenvalue weighted by atomic mass is 16.1. The van der Waals surface area contributed by atoms with Crippen LogP contribution in [-0.2, 0) is 17.6 Å². The van der Waals surface area contributed by atoms with E-state index in [0.717, 1.165) is 48.4 Å². The zero-order chi connectivity index (χ0) is 21.3. The van der Waals surface area contributed by atoms with Gasteiger partial charge < -0.3 is 10.2 Å². The lowest BCUT2D eigenvalue weighted by Gasteiger charge is -2.26. The predicted octanol–water partition coefficient (Wildman–Crippen LogP) is 4.55. The number of aryl methyl sites for hydroxylation is 1. The van der Waals surface area contributed by atoms with Crippen LogP contribution >= 0.6 is 0 Å². The minimum absolute atomic E-state index is 0.0862. The molecule has 0 aliphatic carbocycles. The van der Waals surface area contributed by atoms with Crippen molar-refractivity contribution in [1.29, 1.82) is 0 Å². The summed E-state index contributed by atoms with van der Waals surface area (Å²) >= 11 is 0. The molecule has 1 amide bonds. The molecule has 5 heteroatoms. The summed E-state index contributed by atoms with van der Waals surface area (Å²) in [5.74, 6) is 1.84. The average molecular weight is 405 g/mol. The number of carbonyl (C=O) groups excluding carboxylic acids is 1. The Balaban J connectivity index is 1.86. The number of anilines is 1. The second-order valence-electron chi connectivity index (χ2n) is 7.68. The molecule has 1 heterocycles. The zero-order valence-corrected chi connectivity index (χ0v) is 18.3. The van der Waals surface area contributed by atoms with Crippen molar-refractivity contribution in [2.24, 2.45) is 0 Å². The lowest BCUT2D eigenvalue weighted by Crippen LogP contribution is -2.36. The van der Waals surface area contributed by atoms with Gasteiger partial charge in [-0.1, -0.05) is 56.3 Å². The normalized spacial score (nSPS) is 12.0. The summed E-state index contributed by atoms with van der Waals surface area (Å²) in [4.78, 5) is 24.2. The van der Waals surface area contributed by atoms with Gasteiger partial charge in [-0.25, -0.2) is 9.97 Å².